The summed E-state index contributed by atoms with van der Waals surface area (Å²) in [7, 11) is 2.10. The maximum absolute atomic E-state index is 4.89. The second-order valence-electron chi connectivity index (χ2n) is 5.41. The minimum Gasteiger partial charge on any atom is -0.308 e. The number of hydrogen-bond donors (Lipinski definition) is 1. The highest BCUT2D eigenvalue weighted by Gasteiger charge is 2.37. The van der Waals surface area contributed by atoms with Crippen molar-refractivity contribution >= 4 is 11.3 Å². The SMILES string of the molecule is CCc1nc(C2(NC)CCCC(C)C2)sc1C. The molecule has 3 heteroatoms. The van der Waals surface area contributed by atoms with E-state index in [1.807, 2.05) is 11.3 Å². The number of nitrogens with one attached hydrogen (secondary N) is 1. The summed E-state index contributed by atoms with van der Waals surface area (Å²) in [5.74, 6) is 0.811. The molecule has 2 atom stereocenters. The van der Waals surface area contributed by atoms with Crippen LogP contribution >= 0.6 is 11.3 Å². The quantitative estimate of drug-likeness (QED) is 0.888. The largest absolute Gasteiger partial charge is 0.308 e. The minimum atomic E-state index is 0.153. The zero-order chi connectivity index (χ0) is 12.5. The van der Waals surface area contributed by atoms with E-state index in [4.69, 9.17) is 4.98 Å². The summed E-state index contributed by atoms with van der Waals surface area (Å²) in [6.07, 6.45) is 6.22. The predicted octanol–water partition coefficient (Wildman–Crippen LogP) is 3.64. The first-order valence-electron chi connectivity index (χ1n) is 6.77. The molecule has 96 valence electrons. The number of aromatic nitrogens is 1. The Bertz CT molecular complexity index is 386. The van der Waals surface area contributed by atoms with Gasteiger partial charge in [-0.25, -0.2) is 4.98 Å². The first-order valence-corrected chi connectivity index (χ1v) is 7.58. The van der Waals surface area contributed by atoms with Gasteiger partial charge in [0.1, 0.15) is 5.01 Å². The van der Waals surface area contributed by atoms with Gasteiger partial charge in [0, 0.05) is 4.88 Å². The molecule has 1 aromatic heterocycles. The van der Waals surface area contributed by atoms with E-state index in [9.17, 15) is 0 Å². The van der Waals surface area contributed by atoms with E-state index in [2.05, 4.69) is 33.1 Å². The highest BCUT2D eigenvalue weighted by atomic mass is 32.1. The normalized spacial score (nSPS) is 29.5. The second-order valence-corrected chi connectivity index (χ2v) is 6.61. The fraction of sp³-hybridized carbons (Fsp3) is 0.786. The van der Waals surface area contributed by atoms with Gasteiger partial charge in [0.25, 0.3) is 0 Å². The summed E-state index contributed by atoms with van der Waals surface area (Å²) in [5, 5.41) is 4.90. The number of hydrogen-bond acceptors (Lipinski definition) is 3. The third-order valence-corrected chi connectivity index (χ3v) is 5.33. The van der Waals surface area contributed by atoms with E-state index >= 15 is 0 Å². The van der Waals surface area contributed by atoms with Crippen molar-refractivity contribution in [3.8, 4) is 0 Å². The standard InChI is InChI=1S/C14H24N2S/c1-5-12-11(3)17-13(16-12)14(15-4)8-6-7-10(2)9-14/h10,15H,5-9H2,1-4H3. The maximum Gasteiger partial charge on any atom is 0.113 e. The summed E-state index contributed by atoms with van der Waals surface area (Å²) < 4.78 is 0. The van der Waals surface area contributed by atoms with Crippen LogP contribution in [0, 0.1) is 12.8 Å². The van der Waals surface area contributed by atoms with Gasteiger partial charge in [-0.15, -0.1) is 11.3 Å². The Labute approximate surface area is 109 Å². The summed E-state index contributed by atoms with van der Waals surface area (Å²) in [6.45, 7) is 6.77. The summed E-state index contributed by atoms with van der Waals surface area (Å²) in [6, 6.07) is 0. The monoisotopic (exact) mass is 252 g/mol. The Morgan fingerprint density at radius 2 is 2.29 bits per heavy atom. The molecule has 17 heavy (non-hydrogen) atoms. The smallest absolute Gasteiger partial charge is 0.113 e. The van der Waals surface area contributed by atoms with E-state index in [0.29, 0.717) is 0 Å². The van der Waals surface area contributed by atoms with Crippen LogP contribution in [0.15, 0.2) is 0 Å². The van der Waals surface area contributed by atoms with Crippen molar-refractivity contribution in [2.75, 3.05) is 7.05 Å². The Morgan fingerprint density at radius 3 is 2.82 bits per heavy atom. The average molecular weight is 252 g/mol. The van der Waals surface area contributed by atoms with E-state index in [0.717, 1.165) is 12.3 Å². The molecule has 1 aliphatic carbocycles. The average Bonchev–Trinajstić information content (AvgIpc) is 2.71. The predicted molar refractivity (Wildman–Crippen MR) is 74.6 cm³/mol. The van der Waals surface area contributed by atoms with Gasteiger partial charge in [0.15, 0.2) is 0 Å². The van der Waals surface area contributed by atoms with Gasteiger partial charge >= 0.3 is 0 Å². The summed E-state index contributed by atoms with van der Waals surface area (Å²) in [4.78, 5) is 6.28. The lowest BCUT2D eigenvalue weighted by atomic mass is 9.77. The molecule has 1 saturated carbocycles. The first-order chi connectivity index (χ1) is 8.11. The van der Waals surface area contributed by atoms with Gasteiger partial charge in [-0.2, -0.15) is 0 Å². The molecule has 1 aromatic rings. The van der Waals surface area contributed by atoms with Gasteiger partial charge in [-0.05, 0) is 39.2 Å². The van der Waals surface area contributed by atoms with Gasteiger partial charge in [0.2, 0.25) is 0 Å². The molecule has 1 heterocycles. The van der Waals surface area contributed by atoms with E-state index in [1.54, 1.807) is 0 Å². The summed E-state index contributed by atoms with van der Waals surface area (Å²) in [5.41, 5.74) is 1.44. The lowest BCUT2D eigenvalue weighted by Gasteiger charge is -2.38. The third-order valence-electron chi connectivity index (χ3n) is 4.11. The van der Waals surface area contributed by atoms with Gasteiger partial charge in [-0.3, -0.25) is 0 Å². The molecule has 1 fully saturated rings. The lowest BCUT2D eigenvalue weighted by molar-refractivity contribution is 0.199. The highest BCUT2D eigenvalue weighted by molar-refractivity contribution is 7.11. The second kappa shape index (κ2) is 5.07. The van der Waals surface area contributed by atoms with E-state index < -0.39 is 0 Å². The van der Waals surface area contributed by atoms with Crippen molar-refractivity contribution in [3.63, 3.8) is 0 Å². The molecule has 1 aliphatic rings. The summed E-state index contributed by atoms with van der Waals surface area (Å²) >= 11 is 1.90. The van der Waals surface area contributed by atoms with Crippen LogP contribution in [0.3, 0.4) is 0 Å². The molecule has 0 aromatic carbocycles. The zero-order valence-electron chi connectivity index (χ0n) is 11.5. The van der Waals surface area contributed by atoms with Crippen LogP contribution in [0.4, 0.5) is 0 Å². The molecule has 0 amide bonds. The van der Waals surface area contributed by atoms with Crippen LogP contribution in [0.1, 0.15) is 55.1 Å². The van der Waals surface area contributed by atoms with Gasteiger partial charge in [0.05, 0.1) is 11.2 Å². The van der Waals surface area contributed by atoms with Crippen LogP contribution in [0.5, 0.6) is 0 Å². The van der Waals surface area contributed by atoms with Crippen LogP contribution < -0.4 is 5.32 Å². The number of aryl methyl sites for hydroxylation is 2. The lowest BCUT2D eigenvalue weighted by Crippen LogP contribution is -2.43. The van der Waals surface area contributed by atoms with Crippen molar-refractivity contribution in [3.05, 3.63) is 15.6 Å². The van der Waals surface area contributed by atoms with Crippen LogP contribution in [-0.2, 0) is 12.0 Å². The third kappa shape index (κ3) is 2.41. The minimum absolute atomic E-state index is 0.153. The van der Waals surface area contributed by atoms with Crippen LogP contribution in [-0.4, -0.2) is 12.0 Å². The molecule has 2 rings (SSSR count). The maximum atomic E-state index is 4.89. The van der Waals surface area contributed by atoms with Crippen LogP contribution in [0.25, 0.3) is 0 Å². The molecule has 0 aliphatic heterocycles. The Balaban J connectivity index is 2.33. The highest BCUT2D eigenvalue weighted by Crippen LogP contribution is 2.41. The van der Waals surface area contributed by atoms with Crippen molar-refractivity contribution < 1.29 is 0 Å². The van der Waals surface area contributed by atoms with Gasteiger partial charge in [-0.1, -0.05) is 26.7 Å². The molecule has 0 spiro atoms. The number of rotatable bonds is 3. The Kier molecular flexibility index (Phi) is 3.88. The molecular weight excluding hydrogens is 228 g/mol. The Hall–Kier alpha value is -0.410. The fourth-order valence-corrected chi connectivity index (χ4v) is 4.28. The molecular formula is C14H24N2S. The van der Waals surface area contributed by atoms with Crippen molar-refractivity contribution in [2.24, 2.45) is 5.92 Å². The Morgan fingerprint density at radius 1 is 1.53 bits per heavy atom. The molecule has 0 bridgehead atoms. The molecule has 1 N–H and O–H groups in total. The number of thiazole rings is 1. The molecule has 2 nitrogen and oxygen atoms in total. The first kappa shape index (κ1) is 13.0. The van der Waals surface area contributed by atoms with Crippen molar-refractivity contribution in [1.82, 2.24) is 10.3 Å². The molecule has 0 saturated heterocycles. The fourth-order valence-electron chi connectivity index (χ4n) is 3.04. The topological polar surface area (TPSA) is 24.9 Å². The van der Waals surface area contributed by atoms with E-state index in [-0.39, 0.29) is 5.54 Å². The van der Waals surface area contributed by atoms with E-state index in [1.165, 1.54) is 41.3 Å². The number of nitrogens with zero attached hydrogens (tertiary/aromatic N) is 1. The molecule has 0 radical (unpaired) electrons. The van der Waals surface area contributed by atoms with Crippen molar-refractivity contribution in [2.45, 2.75) is 58.4 Å². The van der Waals surface area contributed by atoms with Crippen molar-refractivity contribution in [1.29, 1.82) is 0 Å². The van der Waals surface area contributed by atoms with Crippen LogP contribution in [0.2, 0.25) is 0 Å². The van der Waals surface area contributed by atoms with Gasteiger partial charge < -0.3 is 5.32 Å². The molecule has 2 unspecified atom stereocenters. The zero-order valence-corrected chi connectivity index (χ0v) is 12.3.